The molecule has 1 aliphatic carbocycles. The molecule has 0 aliphatic heterocycles. The number of carboxylic acids is 1. The first-order valence-corrected chi connectivity index (χ1v) is 11.3. The van der Waals surface area contributed by atoms with Crippen LogP contribution in [0.1, 0.15) is 70.3 Å². The van der Waals surface area contributed by atoms with E-state index in [1.54, 1.807) is 18.2 Å². The lowest BCUT2D eigenvalue weighted by Crippen LogP contribution is -2.34. The molecule has 2 aromatic carbocycles. The summed E-state index contributed by atoms with van der Waals surface area (Å²) in [4.78, 5) is 11.4. The van der Waals surface area contributed by atoms with Crippen molar-refractivity contribution in [3.63, 3.8) is 0 Å². The summed E-state index contributed by atoms with van der Waals surface area (Å²) in [7, 11) is 0. The molecule has 1 fully saturated rings. The Kier molecular flexibility index (Phi) is 8.05. The van der Waals surface area contributed by atoms with Gasteiger partial charge in [-0.05, 0) is 54.7 Å². The van der Waals surface area contributed by atoms with Crippen molar-refractivity contribution in [3.8, 4) is 16.9 Å². The van der Waals surface area contributed by atoms with Crippen LogP contribution in [0.15, 0.2) is 48.5 Å². The summed E-state index contributed by atoms with van der Waals surface area (Å²) in [6, 6.07) is 15.0. The van der Waals surface area contributed by atoms with Crippen molar-refractivity contribution in [2.24, 2.45) is 5.92 Å². The van der Waals surface area contributed by atoms with E-state index in [0.29, 0.717) is 18.4 Å². The largest absolute Gasteiger partial charge is 0.481 e. The molecule has 2 aromatic rings. The fourth-order valence-corrected chi connectivity index (χ4v) is 4.90. The Balaban J connectivity index is 1.83. The smallest absolute Gasteiger partial charge is 0.387 e. The topological polar surface area (TPSA) is 46.5 Å². The summed E-state index contributed by atoms with van der Waals surface area (Å²) < 4.78 is 30.2. The number of aliphatic carboxylic acids is 1. The van der Waals surface area contributed by atoms with Crippen molar-refractivity contribution in [3.05, 3.63) is 54.1 Å². The van der Waals surface area contributed by atoms with Gasteiger partial charge in [0, 0.05) is 5.56 Å². The average Bonchev–Trinajstić information content (AvgIpc) is 2.77. The van der Waals surface area contributed by atoms with Gasteiger partial charge in [-0.3, -0.25) is 4.79 Å². The Hall–Kier alpha value is -2.43. The number of hydrogen-bond acceptors (Lipinski definition) is 2. The minimum Gasteiger partial charge on any atom is -0.481 e. The standard InChI is InChI=1S/C26H32F2O3/c1-2-3-4-7-16-26(17-14-20(15-18-26)24(29)30)21-12-10-19(11-13-21)22-8-5-6-9-23(22)31-25(27)28/h5-6,8-13,20,25H,2-4,7,14-18H2,1H3,(H,29,30). The third-order valence-corrected chi connectivity index (χ3v) is 6.71. The molecule has 1 saturated carbocycles. The van der Waals surface area contributed by atoms with Crippen LogP contribution in [0.5, 0.6) is 5.75 Å². The van der Waals surface area contributed by atoms with Gasteiger partial charge in [0.15, 0.2) is 0 Å². The second-order valence-electron chi connectivity index (χ2n) is 8.66. The number of carbonyl (C=O) groups is 1. The van der Waals surface area contributed by atoms with Crippen LogP contribution in [0.3, 0.4) is 0 Å². The van der Waals surface area contributed by atoms with E-state index in [1.165, 1.54) is 24.8 Å². The van der Waals surface area contributed by atoms with Gasteiger partial charge in [-0.2, -0.15) is 8.78 Å². The molecule has 0 unspecified atom stereocenters. The maximum atomic E-state index is 12.8. The lowest BCUT2D eigenvalue weighted by atomic mass is 9.64. The predicted molar refractivity (Wildman–Crippen MR) is 119 cm³/mol. The molecule has 168 valence electrons. The molecular weight excluding hydrogens is 398 g/mol. The molecule has 31 heavy (non-hydrogen) atoms. The highest BCUT2D eigenvalue weighted by molar-refractivity contribution is 5.71. The SMILES string of the molecule is CCCCCCC1(c2ccc(-c3ccccc3OC(F)F)cc2)CCC(C(=O)O)CC1. The number of ether oxygens (including phenoxy) is 1. The van der Waals surface area contributed by atoms with Crippen LogP contribution in [0.2, 0.25) is 0 Å². The second kappa shape index (κ2) is 10.7. The van der Waals surface area contributed by atoms with Crippen molar-refractivity contribution in [1.29, 1.82) is 0 Å². The molecule has 5 heteroatoms. The lowest BCUT2D eigenvalue weighted by Gasteiger charge is -2.40. The van der Waals surface area contributed by atoms with Gasteiger partial charge in [-0.25, -0.2) is 0 Å². The Morgan fingerprint density at radius 2 is 1.74 bits per heavy atom. The molecule has 0 aromatic heterocycles. The quantitative estimate of drug-likeness (QED) is 0.399. The number of benzene rings is 2. The molecule has 0 spiro atoms. The van der Waals surface area contributed by atoms with E-state index in [1.807, 2.05) is 18.2 Å². The van der Waals surface area contributed by atoms with Gasteiger partial charge in [-0.1, -0.05) is 75.1 Å². The number of hydrogen-bond donors (Lipinski definition) is 1. The highest BCUT2D eigenvalue weighted by atomic mass is 19.3. The molecule has 1 aliphatic rings. The predicted octanol–water partition coefficient (Wildman–Crippen LogP) is 7.44. The van der Waals surface area contributed by atoms with E-state index in [2.05, 4.69) is 23.8 Å². The summed E-state index contributed by atoms with van der Waals surface area (Å²) in [6.45, 7) is -0.668. The summed E-state index contributed by atoms with van der Waals surface area (Å²) in [5.41, 5.74) is 2.70. The average molecular weight is 431 g/mol. The number of unbranched alkanes of at least 4 members (excludes halogenated alkanes) is 3. The first kappa shape index (κ1) is 23.2. The zero-order valence-corrected chi connectivity index (χ0v) is 18.2. The third kappa shape index (κ3) is 5.84. The van der Waals surface area contributed by atoms with Crippen molar-refractivity contribution in [2.75, 3.05) is 0 Å². The molecule has 0 amide bonds. The highest BCUT2D eigenvalue weighted by Gasteiger charge is 2.38. The first-order chi connectivity index (χ1) is 14.9. The van der Waals surface area contributed by atoms with Crippen molar-refractivity contribution >= 4 is 5.97 Å². The third-order valence-electron chi connectivity index (χ3n) is 6.71. The van der Waals surface area contributed by atoms with Gasteiger partial charge in [0.05, 0.1) is 5.92 Å². The number of carboxylic acid groups (broad SMARTS) is 1. The fraction of sp³-hybridized carbons (Fsp3) is 0.500. The molecule has 0 saturated heterocycles. The number of rotatable bonds is 10. The minimum absolute atomic E-state index is 0.00277. The summed E-state index contributed by atoms with van der Waals surface area (Å²) in [6.07, 6.45) is 8.95. The Bertz CT molecular complexity index is 840. The Morgan fingerprint density at radius 3 is 2.35 bits per heavy atom. The van der Waals surface area contributed by atoms with Crippen LogP contribution in [0, 0.1) is 5.92 Å². The van der Waals surface area contributed by atoms with E-state index in [9.17, 15) is 18.7 Å². The number of para-hydroxylation sites is 1. The van der Waals surface area contributed by atoms with E-state index in [4.69, 9.17) is 0 Å². The van der Waals surface area contributed by atoms with E-state index >= 15 is 0 Å². The fourth-order valence-electron chi connectivity index (χ4n) is 4.90. The van der Waals surface area contributed by atoms with E-state index in [-0.39, 0.29) is 17.1 Å². The van der Waals surface area contributed by atoms with Gasteiger partial charge < -0.3 is 9.84 Å². The maximum absolute atomic E-state index is 12.8. The molecular formula is C26H32F2O3. The monoisotopic (exact) mass is 430 g/mol. The lowest BCUT2D eigenvalue weighted by molar-refractivity contribution is -0.143. The molecule has 3 rings (SSSR count). The molecule has 0 bridgehead atoms. The molecule has 0 radical (unpaired) electrons. The molecule has 0 atom stereocenters. The van der Waals surface area contributed by atoms with Crippen molar-refractivity contribution < 1.29 is 23.4 Å². The Morgan fingerprint density at radius 1 is 1.06 bits per heavy atom. The van der Waals surface area contributed by atoms with Gasteiger partial charge in [0.1, 0.15) is 5.75 Å². The van der Waals surface area contributed by atoms with Crippen LogP contribution < -0.4 is 4.74 Å². The van der Waals surface area contributed by atoms with Crippen LogP contribution in [-0.4, -0.2) is 17.7 Å². The zero-order chi connectivity index (χ0) is 22.3. The van der Waals surface area contributed by atoms with Crippen LogP contribution in [0.4, 0.5) is 8.78 Å². The van der Waals surface area contributed by atoms with Gasteiger partial charge in [-0.15, -0.1) is 0 Å². The molecule has 1 N–H and O–H groups in total. The minimum atomic E-state index is -2.86. The van der Waals surface area contributed by atoms with Crippen molar-refractivity contribution in [1.82, 2.24) is 0 Å². The Labute approximate surface area is 183 Å². The van der Waals surface area contributed by atoms with Gasteiger partial charge >= 0.3 is 12.6 Å². The highest BCUT2D eigenvalue weighted by Crippen LogP contribution is 2.46. The van der Waals surface area contributed by atoms with E-state index in [0.717, 1.165) is 31.2 Å². The molecule has 0 heterocycles. The van der Waals surface area contributed by atoms with Gasteiger partial charge in [0.2, 0.25) is 0 Å². The van der Waals surface area contributed by atoms with Crippen LogP contribution in [0.25, 0.3) is 11.1 Å². The van der Waals surface area contributed by atoms with Crippen LogP contribution >= 0.6 is 0 Å². The van der Waals surface area contributed by atoms with Gasteiger partial charge in [0.25, 0.3) is 0 Å². The second-order valence-corrected chi connectivity index (χ2v) is 8.66. The van der Waals surface area contributed by atoms with E-state index < -0.39 is 12.6 Å². The van der Waals surface area contributed by atoms with Crippen molar-refractivity contribution in [2.45, 2.75) is 76.7 Å². The van der Waals surface area contributed by atoms with Crippen LogP contribution in [-0.2, 0) is 10.2 Å². The summed E-state index contributed by atoms with van der Waals surface area (Å²) in [5, 5.41) is 9.41. The maximum Gasteiger partial charge on any atom is 0.387 e. The zero-order valence-electron chi connectivity index (χ0n) is 18.2. The summed E-state index contributed by atoms with van der Waals surface area (Å²) >= 11 is 0. The number of halogens is 2. The first-order valence-electron chi connectivity index (χ1n) is 11.3. The summed E-state index contributed by atoms with van der Waals surface area (Å²) in [5.74, 6) is -0.770. The normalized spacial score (nSPS) is 21.2. The number of alkyl halides is 2. The molecule has 3 nitrogen and oxygen atoms in total.